The predicted molar refractivity (Wildman–Crippen MR) is 111 cm³/mol. The highest BCUT2D eigenvalue weighted by atomic mass is 16.6. The summed E-state index contributed by atoms with van der Waals surface area (Å²) in [5, 5.41) is 27.6. The van der Waals surface area contributed by atoms with Crippen LogP contribution in [-0.4, -0.2) is 74.6 Å². The molecule has 0 spiro atoms. The normalized spacial score (nSPS) is 26.4. The maximum Gasteiger partial charge on any atom is 0.323 e. The van der Waals surface area contributed by atoms with Crippen molar-refractivity contribution in [3.63, 3.8) is 0 Å². The molecule has 0 radical (unpaired) electrons. The van der Waals surface area contributed by atoms with E-state index in [1.54, 1.807) is 22.8 Å². The number of esters is 1. The van der Waals surface area contributed by atoms with Crippen LogP contribution in [0.25, 0.3) is 11.0 Å². The molecule has 31 heavy (non-hydrogen) atoms. The average molecular weight is 433 g/mol. The zero-order chi connectivity index (χ0) is 22.4. The molecule has 2 aromatic heterocycles. The fourth-order valence-electron chi connectivity index (χ4n) is 3.94. The fourth-order valence-corrected chi connectivity index (χ4v) is 3.94. The van der Waals surface area contributed by atoms with Crippen LogP contribution in [0.5, 0.6) is 0 Å². The molecule has 0 saturated carbocycles. The van der Waals surface area contributed by atoms with Crippen molar-refractivity contribution in [3.05, 3.63) is 18.1 Å². The third-order valence-electron chi connectivity index (χ3n) is 5.46. The number of aromatic nitrogens is 3. The van der Waals surface area contributed by atoms with Gasteiger partial charge in [-0.3, -0.25) is 4.79 Å². The Hall–Kier alpha value is -2.80. The Balaban J connectivity index is 1.55. The molecule has 12 heteroatoms. The van der Waals surface area contributed by atoms with E-state index in [0.29, 0.717) is 28.8 Å². The minimum Gasteiger partial charge on any atom is -0.462 e. The predicted octanol–water partition coefficient (Wildman–Crippen LogP) is -0.963. The number of aliphatic hydroxyl groups excluding tert-OH is 2. The molecule has 0 aliphatic carbocycles. The van der Waals surface area contributed by atoms with Gasteiger partial charge in [0, 0.05) is 18.8 Å². The Bertz CT molecular complexity index is 1020. The molecular weight excluding hydrogens is 406 g/mol. The molecule has 4 heterocycles. The Labute approximate surface area is 178 Å². The minimum atomic E-state index is -1.29. The number of hydrazone groups is 1. The standard InChI is InChI=1S/C19H27N7O5/c1-8(2)4-10(20)19(29)30-6-11-13(27)14(28)18(31-11)26-5-9-12-16(22-7-23-17(12)26)25(3)24-15(9)21/h5,7-8,10-11,13-14,18,27-28H,4,6,20H2,1-3H3,(H2,21,24)/t10-,11+,13+,14+,18+/m0/s1. The van der Waals surface area contributed by atoms with Crippen molar-refractivity contribution in [2.24, 2.45) is 22.5 Å². The van der Waals surface area contributed by atoms with Gasteiger partial charge in [-0.1, -0.05) is 13.8 Å². The smallest absolute Gasteiger partial charge is 0.323 e. The monoisotopic (exact) mass is 433 g/mol. The van der Waals surface area contributed by atoms with E-state index in [4.69, 9.17) is 20.9 Å². The van der Waals surface area contributed by atoms with Gasteiger partial charge in [-0.15, -0.1) is 0 Å². The molecule has 12 nitrogen and oxygen atoms in total. The van der Waals surface area contributed by atoms with Crippen molar-refractivity contribution in [2.75, 3.05) is 18.7 Å². The summed E-state index contributed by atoms with van der Waals surface area (Å²) in [6.07, 6.45) is -0.961. The van der Waals surface area contributed by atoms with E-state index < -0.39 is 36.6 Å². The molecule has 5 atom stereocenters. The third kappa shape index (κ3) is 3.71. The summed E-state index contributed by atoms with van der Waals surface area (Å²) < 4.78 is 12.7. The van der Waals surface area contributed by atoms with Crippen LogP contribution in [0.4, 0.5) is 5.82 Å². The number of nitrogens with zero attached hydrogens (tertiary/aromatic N) is 5. The van der Waals surface area contributed by atoms with Crippen LogP contribution in [0.2, 0.25) is 0 Å². The molecule has 2 aliphatic heterocycles. The topological polar surface area (TPSA) is 174 Å². The Morgan fingerprint density at radius 2 is 2.06 bits per heavy atom. The van der Waals surface area contributed by atoms with E-state index in [1.807, 2.05) is 13.8 Å². The summed E-state index contributed by atoms with van der Waals surface area (Å²) in [7, 11) is 1.72. The summed E-state index contributed by atoms with van der Waals surface area (Å²) >= 11 is 0. The molecule has 168 valence electrons. The van der Waals surface area contributed by atoms with Gasteiger partial charge in [0.1, 0.15) is 42.9 Å². The van der Waals surface area contributed by atoms with E-state index in [2.05, 4.69) is 15.1 Å². The highest BCUT2D eigenvalue weighted by molar-refractivity contribution is 6.13. The molecule has 0 bridgehead atoms. The maximum absolute atomic E-state index is 12.1. The number of carbonyl (C=O) groups is 1. The second kappa shape index (κ2) is 8.04. The second-order valence-corrected chi connectivity index (χ2v) is 8.27. The molecule has 0 aromatic carbocycles. The van der Waals surface area contributed by atoms with E-state index >= 15 is 0 Å². The zero-order valence-electron chi connectivity index (χ0n) is 17.5. The fraction of sp³-hybridized carbons (Fsp3) is 0.579. The van der Waals surface area contributed by atoms with Crippen LogP contribution in [0, 0.1) is 5.92 Å². The molecule has 0 amide bonds. The lowest BCUT2D eigenvalue weighted by Gasteiger charge is -2.19. The minimum absolute atomic E-state index is 0.238. The third-order valence-corrected chi connectivity index (χ3v) is 5.46. The van der Waals surface area contributed by atoms with Gasteiger partial charge in [0.05, 0.1) is 5.39 Å². The maximum atomic E-state index is 12.1. The highest BCUT2D eigenvalue weighted by Gasteiger charge is 2.45. The lowest BCUT2D eigenvalue weighted by molar-refractivity contribution is -0.152. The average Bonchev–Trinajstić information content (AvgIpc) is 3.23. The number of carbonyl (C=O) groups excluding carboxylic acids is 1. The zero-order valence-corrected chi connectivity index (χ0v) is 17.5. The van der Waals surface area contributed by atoms with Crippen LogP contribution in [0.15, 0.2) is 17.6 Å². The summed E-state index contributed by atoms with van der Waals surface area (Å²) in [6.45, 7) is 3.67. The van der Waals surface area contributed by atoms with Crippen molar-refractivity contribution in [1.82, 2.24) is 14.5 Å². The van der Waals surface area contributed by atoms with E-state index in [-0.39, 0.29) is 18.4 Å². The van der Waals surface area contributed by atoms with Crippen molar-refractivity contribution in [3.8, 4) is 0 Å². The van der Waals surface area contributed by atoms with Crippen molar-refractivity contribution in [1.29, 1.82) is 0 Å². The van der Waals surface area contributed by atoms with Crippen molar-refractivity contribution < 1.29 is 24.5 Å². The summed E-state index contributed by atoms with van der Waals surface area (Å²) in [5.41, 5.74) is 13.0. The highest BCUT2D eigenvalue weighted by Crippen LogP contribution is 2.37. The Kier molecular flexibility index (Phi) is 5.56. The van der Waals surface area contributed by atoms with E-state index in [0.717, 1.165) is 0 Å². The van der Waals surface area contributed by atoms with Crippen LogP contribution < -0.4 is 16.5 Å². The van der Waals surface area contributed by atoms with E-state index in [9.17, 15) is 15.0 Å². The van der Waals surface area contributed by atoms with Crippen LogP contribution in [-0.2, 0) is 14.3 Å². The first-order chi connectivity index (χ1) is 14.7. The van der Waals surface area contributed by atoms with Gasteiger partial charge in [0.15, 0.2) is 17.9 Å². The summed E-state index contributed by atoms with van der Waals surface area (Å²) in [6, 6.07) is -0.758. The second-order valence-electron chi connectivity index (χ2n) is 8.27. The Morgan fingerprint density at radius 1 is 1.32 bits per heavy atom. The molecule has 1 saturated heterocycles. The lowest BCUT2D eigenvalue weighted by atomic mass is 10.1. The number of nitrogens with two attached hydrogens (primary N) is 2. The molecule has 4 rings (SSSR count). The Morgan fingerprint density at radius 3 is 2.77 bits per heavy atom. The number of hydrogen-bond acceptors (Lipinski definition) is 11. The van der Waals surface area contributed by atoms with Crippen LogP contribution in [0.1, 0.15) is 32.1 Å². The number of amidine groups is 1. The van der Waals surface area contributed by atoms with Gasteiger partial charge < -0.3 is 35.7 Å². The van der Waals surface area contributed by atoms with Gasteiger partial charge in [0.2, 0.25) is 0 Å². The van der Waals surface area contributed by atoms with E-state index in [1.165, 1.54) is 6.33 Å². The molecule has 2 aromatic rings. The van der Waals surface area contributed by atoms with Gasteiger partial charge in [-0.2, -0.15) is 5.10 Å². The number of hydrogen-bond donors (Lipinski definition) is 4. The lowest BCUT2D eigenvalue weighted by Crippen LogP contribution is -2.38. The van der Waals surface area contributed by atoms with Gasteiger partial charge in [0.25, 0.3) is 0 Å². The number of ether oxygens (including phenoxy) is 2. The van der Waals surface area contributed by atoms with Gasteiger partial charge in [-0.05, 0) is 12.3 Å². The quantitative estimate of drug-likeness (QED) is 0.415. The first kappa shape index (κ1) is 21.4. The number of aliphatic hydroxyl groups is 2. The van der Waals surface area contributed by atoms with Crippen molar-refractivity contribution >= 4 is 28.7 Å². The number of rotatable bonds is 6. The first-order valence-electron chi connectivity index (χ1n) is 10.1. The molecular formula is C19H27N7O5. The van der Waals surface area contributed by atoms with Crippen LogP contribution >= 0.6 is 0 Å². The first-order valence-corrected chi connectivity index (χ1v) is 10.1. The molecule has 0 unspecified atom stereocenters. The largest absolute Gasteiger partial charge is 0.462 e. The van der Waals surface area contributed by atoms with Crippen LogP contribution in [0.3, 0.4) is 0 Å². The summed E-state index contributed by atoms with van der Waals surface area (Å²) in [4.78, 5) is 20.7. The molecule has 1 fully saturated rings. The summed E-state index contributed by atoms with van der Waals surface area (Å²) in [5.74, 6) is 0.492. The van der Waals surface area contributed by atoms with Crippen molar-refractivity contribution in [2.45, 2.75) is 50.8 Å². The SMILES string of the molecule is CC(C)C[C@H](N)C(=O)OC[C@H]1O[C@@H](n2cc3c4c(ncnc42)N(C)N=C3N)[C@H](O)[C@@H]1O. The van der Waals surface area contributed by atoms with Gasteiger partial charge in [-0.25, -0.2) is 15.0 Å². The molecule has 2 aliphatic rings. The number of anilines is 1. The molecule has 6 N–H and O–H groups in total. The van der Waals surface area contributed by atoms with Gasteiger partial charge >= 0.3 is 5.97 Å².